The van der Waals surface area contributed by atoms with Crippen LogP contribution in [0.4, 0.5) is 0 Å². The van der Waals surface area contributed by atoms with Gasteiger partial charge in [-0.2, -0.15) is 0 Å². The molecule has 2 aromatic carbocycles. The van der Waals surface area contributed by atoms with E-state index in [9.17, 15) is 4.79 Å². The van der Waals surface area contributed by atoms with Gasteiger partial charge in [0, 0.05) is 6.54 Å². The zero-order valence-corrected chi connectivity index (χ0v) is 14.8. The van der Waals surface area contributed by atoms with Crippen LogP contribution in [0.3, 0.4) is 0 Å². The summed E-state index contributed by atoms with van der Waals surface area (Å²) < 4.78 is 0. The molecule has 1 saturated heterocycles. The van der Waals surface area contributed by atoms with Gasteiger partial charge in [0.1, 0.15) is 0 Å². The van der Waals surface area contributed by atoms with Gasteiger partial charge < -0.3 is 10.2 Å². The lowest BCUT2D eigenvalue weighted by Crippen LogP contribution is -2.36. The summed E-state index contributed by atoms with van der Waals surface area (Å²) in [6.07, 6.45) is 5.53. The molecule has 0 aromatic heterocycles. The van der Waals surface area contributed by atoms with E-state index in [2.05, 4.69) is 52.7 Å². The molecule has 1 aliphatic heterocycles. The fourth-order valence-electron chi connectivity index (χ4n) is 3.79. The molecule has 2 aromatic rings. The molecule has 132 valence electrons. The van der Waals surface area contributed by atoms with E-state index in [4.69, 9.17) is 0 Å². The smallest absolute Gasteiger partial charge is 0.207 e. The maximum atomic E-state index is 10.9. The second-order valence-electron chi connectivity index (χ2n) is 7.01. The van der Waals surface area contributed by atoms with Gasteiger partial charge in [0.2, 0.25) is 6.41 Å². The van der Waals surface area contributed by atoms with E-state index in [-0.39, 0.29) is 6.04 Å². The van der Waals surface area contributed by atoms with E-state index >= 15 is 0 Å². The first-order valence-corrected chi connectivity index (χ1v) is 9.36. The summed E-state index contributed by atoms with van der Waals surface area (Å²) in [5.74, 6) is 0.802. The Hall–Kier alpha value is -2.13. The molecular formula is C22H28N2O. The average molecular weight is 336 g/mol. The Balaban J connectivity index is 1.44. The Bertz CT molecular complexity index is 621. The highest BCUT2D eigenvalue weighted by Crippen LogP contribution is 2.23. The zero-order chi connectivity index (χ0) is 17.3. The molecular weight excluding hydrogens is 308 g/mol. The van der Waals surface area contributed by atoms with Gasteiger partial charge in [0.15, 0.2) is 0 Å². The second-order valence-corrected chi connectivity index (χ2v) is 7.01. The first-order chi connectivity index (χ1) is 12.3. The van der Waals surface area contributed by atoms with Crippen LogP contribution >= 0.6 is 0 Å². The molecule has 0 saturated carbocycles. The monoisotopic (exact) mass is 336 g/mol. The van der Waals surface area contributed by atoms with Gasteiger partial charge in [-0.15, -0.1) is 0 Å². The molecule has 3 heteroatoms. The maximum Gasteiger partial charge on any atom is 0.207 e. The van der Waals surface area contributed by atoms with Crippen LogP contribution in [-0.4, -0.2) is 30.9 Å². The number of nitrogens with zero attached hydrogens (tertiary/aromatic N) is 1. The fourth-order valence-corrected chi connectivity index (χ4v) is 3.79. The van der Waals surface area contributed by atoms with E-state index in [0.717, 1.165) is 25.3 Å². The maximum absolute atomic E-state index is 10.9. The molecule has 0 aliphatic carbocycles. The fraction of sp³-hybridized carbons (Fsp3) is 0.409. The van der Waals surface area contributed by atoms with Crippen molar-refractivity contribution in [2.24, 2.45) is 5.92 Å². The van der Waals surface area contributed by atoms with Crippen molar-refractivity contribution in [3.63, 3.8) is 0 Å². The molecule has 3 rings (SSSR count). The summed E-state index contributed by atoms with van der Waals surface area (Å²) in [7, 11) is 0. The summed E-state index contributed by atoms with van der Waals surface area (Å²) in [4.78, 5) is 13.5. The van der Waals surface area contributed by atoms with Crippen molar-refractivity contribution in [3.05, 3.63) is 71.8 Å². The predicted molar refractivity (Wildman–Crippen MR) is 102 cm³/mol. The molecule has 1 amide bonds. The molecule has 0 radical (unpaired) electrons. The Morgan fingerprint density at radius 1 is 1.00 bits per heavy atom. The molecule has 0 spiro atoms. The highest BCUT2D eigenvalue weighted by molar-refractivity contribution is 5.47. The number of hydrogen-bond acceptors (Lipinski definition) is 2. The summed E-state index contributed by atoms with van der Waals surface area (Å²) in [5, 5.41) is 2.97. The van der Waals surface area contributed by atoms with Crippen LogP contribution < -0.4 is 5.32 Å². The summed E-state index contributed by atoms with van der Waals surface area (Å²) in [5.41, 5.74) is 2.65. The van der Waals surface area contributed by atoms with Crippen molar-refractivity contribution >= 4 is 6.41 Å². The van der Waals surface area contributed by atoms with E-state index < -0.39 is 0 Å². The number of nitrogens with one attached hydrogen (secondary N) is 1. The summed E-state index contributed by atoms with van der Waals surface area (Å²) in [6, 6.07) is 21.2. The topological polar surface area (TPSA) is 32.3 Å². The standard InChI is InChI=1S/C22H28N2O/c25-18-23-22(21-9-5-2-6-10-21)13-16-24-14-11-20(12-15-24)17-19-7-3-1-4-8-19/h1-10,18,20,22H,11-17H2,(H,23,25). The third-order valence-corrected chi connectivity index (χ3v) is 5.28. The lowest BCUT2D eigenvalue weighted by molar-refractivity contribution is -0.110. The first kappa shape index (κ1) is 17.7. The SMILES string of the molecule is O=CNC(CCN1CCC(Cc2ccccc2)CC1)c1ccccc1. The number of carbonyl (C=O) groups excluding carboxylic acids is 1. The number of piperidine rings is 1. The highest BCUT2D eigenvalue weighted by Gasteiger charge is 2.20. The number of likely N-dealkylation sites (tertiary alicyclic amines) is 1. The Kier molecular flexibility index (Phi) is 6.63. The van der Waals surface area contributed by atoms with Crippen molar-refractivity contribution in [3.8, 4) is 0 Å². The number of hydrogen-bond donors (Lipinski definition) is 1. The van der Waals surface area contributed by atoms with Gasteiger partial charge in [-0.25, -0.2) is 0 Å². The normalized spacial score (nSPS) is 17.1. The van der Waals surface area contributed by atoms with Gasteiger partial charge >= 0.3 is 0 Å². The van der Waals surface area contributed by atoms with Crippen LogP contribution in [0.1, 0.15) is 36.4 Å². The van der Waals surface area contributed by atoms with Crippen molar-refractivity contribution < 1.29 is 4.79 Å². The Morgan fingerprint density at radius 3 is 2.28 bits per heavy atom. The number of amides is 1. The third-order valence-electron chi connectivity index (χ3n) is 5.28. The summed E-state index contributed by atoms with van der Waals surface area (Å²) in [6.45, 7) is 3.37. The van der Waals surface area contributed by atoms with E-state index in [1.54, 1.807) is 0 Å². The van der Waals surface area contributed by atoms with Crippen LogP contribution in [0.2, 0.25) is 0 Å². The van der Waals surface area contributed by atoms with Crippen molar-refractivity contribution in [2.75, 3.05) is 19.6 Å². The quantitative estimate of drug-likeness (QED) is 0.743. The molecule has 25 heavy (non-hydrogen) atoms. The van der Waals surface area contributed by atoms with Crippen LogP contribution in [0.25, 0.3) is 0 Å². The molecule has 1 fully saturated rings. The van der Waals surface area contributed by atoms with Crippen LogP contribution in [0.5, 0.6) is 0 Å². The van der Waals surface area contributed by atoms with Gasteiger partial charge in [-0.1, -0.05) is 60.7 Å². The number of carbonyl (C=O) groups is 1. The van der Waals surface area contributed by atoms with Gasteiger partial charge in [-0.05, 0) is 55.8 Å². The lowest BCUT2D eigenvalue weighted by Gasteiger charge is -2.33. The van der Waals surface area contributed by atoms with E-state index in [0.29, 0.717) is 0 Å². The predicted octanol–water partition coefficient (Wildman–Crippen LogP) is 3.82. The minimum Gasteiger partial charge on any atom is -0.352 e. The lowest BCUT2D eigenvalue weighted by atomic mass is 9.90. The second kappa shape index (κ2) is 9.38. The van der Waals surface area contributed by atoms with Crippen LogP contribution in [0, 0.1) is 5.92 Å². The Labute approximate surface area is 151 Å². The molecule has 1 heterocycles. The van der Waals surface area contributed by atoms with Gasteiger partial charge in [-0.3, -0.25) is 4.79 Å². The highest BCUT2D eigenvalue weighted by atomic mass is 16.1. The van der Waals surface area contributed by atoms with Crippen LogP contribution in [0.15, 0.2) is 60.7 Å². The molecule has 1 N–H and O–H groups in total. The molecule has 3 nitrogen and oxygen atoms in total. The Morgan fingerprint density at radius 2 is 1.64 bits per heavy atom. The van der Waals surface area contributed by atoms with Gasteiger partial charge in [0.05, 0.1) is 6.04 Å². The molecule has 0 bridgehead atoms. The molecule has 1 unspecified atom stereocenters. The van der Waals surface area contributed by atoms with Crippen molar-refractivity contribution in [1.29, 1.82) is 0 Å². The average Bonchev–Trinajstić information content (AvgIpc) is 2.68. The van der Waals surface area contributed by atoms with Crippen molar-refractivity contribution in [2.45, 2.75) is 31.7 Å². The zero-order valence-electron chi connectivity index (χ0n) is 14.8. The first-order valence-electron chi connectivity index (χ1n) is 9.36. The number of benzene rings is 2. The largest absolute Gasteiger partial charge is 0.352 e. The summed E-state index contributed by atoms with van der Waals surface area (Å²) >= 11 is 0. The minimum absolute atomic E-state index is 0.112. The van der Waals surface area contributed by atoms with Crippen LogP contribution in [-0.2, 0) is 11.2 Å². The van der Waals surface area contributed by atoms with E-state index in [1.165, 1.54) is 43.5 Å². The number of rotatable bonds is 8. The molecule has 1 aliphatic rings. The third kappa shape index (κ3) is 5.43. The van der Waals surface area contributed by atoms with Crippen molar-refractivity contribution in [1.82, 2.24) is 10.2 Å². The van der Waals surface area contributed by atoms with Gasteiger partial charge in [0.25, 0.3) is 0 Å². The molecule has 1 atom stereocenters. The minimum atomic E-state index is 0.112. The van der Waals surface area contributed by atoms with E-state index in [1.807, 2.05) is 18.2 Å².